The molecule has 1 aromatic rings. The van der Waals surface area contributed by atoms with Gasteiger partial charge in [0.25, 0.3) is 0 Å². The minimum absolute atomic E-state index is 0.155. The van der Waals surface area contributed by atoms with Gasteiger partial charge in [0, 0.05) is 12.6 Å². The molecule has 3 atom stereocenters. The largest absolute Gasteiger partial charge is 0.310 e. The van der Waals surface area contributed by atoms with Gasteiger partial charge in [-0.2, -0.15) is 5.10 Å². The molecule has 2 rings (SSSR count). The highest BCUT2D eigenvalue weighted by atomic mass is 79.9. The monoisotopic (exact) mass is 342 g/mol. The van der Waals surface area contributed by atoms with Crippen molar-refractivity contribution in [2.24, 2.45) is 13.0 Å². The van der Waals surface area contributed by atoms with Gasteiger partial charge < -0.3 is 10.2 Å². The third kappa shape index (κ3) is 2.68. The molecule has 0 aliphatic heterocycles. The Bertz CT molecular complexity index is 437. The van der Waals surface area contributed by atoms with Gasteiger partial charge in [-0.1, -0.05) is 19.8 Å². The fourth-order valence-electron chi connectivity index (χ4n) is 3.90. The predicted molar refractivity (Wildman–Crippen MR) is 86.8 cm³/mol. The molecule has 0 bridgehead atoms. The summed E-state index contributed by atoms with van der Waals surface area (Å²) in [6.45, 7) is 2.38. The maximum atomic E-state index is 4.40. The number of aromatic nitrogens is 2. The molecule has 4 nitrogen and oxygen atoms in total. The van der Waals surface area contributed by atoms with E-state index < -0.39 is 0 Å². The van der Waals surface area contributed by atoms with Crippen molar-refractivity contribution in [1.82, 2.24) is 20.0 Å². The zero-order chi connectivity index (χ0) is 14.9. The third-order valence-corrected chi connectivity index (χ3v) is 5.55. The Balaban J connectivity index is 2.45. The van der Waals surface area contributed by atoms with Crippen LogP contribution in [0.1, 0.15) is 44.3 Å². The average molecular weight is 343 g/mol. The lowest BCUT2D eigenvalue weighted by atomic mass is 9.70. The van der Waals surface area contributed by atoms with Gasteiger partial charge in [0.05, 0.1) is 22.4 Å². The Morgan fingerprint density at radius 2 is 2.25 bits per heavy atom. The van der Waals surface area contributed by atoms with Crippen LogP contribution < -0.4 is 5.32 Å². The number of halogens is 1. The molecule has 0 radical (unpaired) electrons. The van der Waals surface area contributed by atoms with E-state index in [2.05, 4.69) is 59.3 Å². The fourth-order valence-corrected chi connectivity index (χ4v) is 4.47. The van der Waals surface area contributed by atoms with Gasteiger partial charge in [0.1, 0.15) is 0 Å². The zero-order valence-electron chi connectivity index (χ0n) is 13.3. The second kappa shape index (κ2) is 6.16. The first-order valence-corrected chi connectivity index (χ1v) is 8.23. The lowest BCUT2D eigenvalue weighted by Crippen LogP contribution is -2.56. The van der Waals surface area contributed by atoms with Crippen LogP contribution in [-0.4, -0.2) is 41.4 Å². The zero-order valence-corrected chi connectivity index (χ0v) is 14.9. The quantitative estimate of drug-likeness (QED) is 0.913. The first kappa shape index (κ1) is 16.0. The molecule has 1 N–H and O–H groups in total. The molecule has 5 heteroatoms. The smallest absolute Gasteiger partial charge is 0.0711 e. The minimum atomic E-state index is 0.155. The van der Waals surface area contributed by atoms with Gasteiger partial charge in [0.2, 0.25) is 0 Å². The highest BCUT2D eigenvalue weighted by Gasteiger charge is 2.45. The summed E-state index contributed by atoms with van der Waals surface area (Å²) in [6.07, 6.45) is 7.00. The van der Waals surface area contributed by atoms with Gasteiger partial charge in [-0.05, 0) is 55.8 Å². The average Bonchev–Trinajstić information content (AvgIpc) is 2.71. The molecule has 1 aliphatic carbocycles. The van der Waals surface area contributed by atoms with Gasteiger partial charge in [-0.25, -0.2) is 0 Å². The molecule has 0 amide bonds. The van der Waals surface area contributed by atoms with E-state index >= 15 is 0 Å². The summed E-state index contributed by atoms with van der Waals surface area (Å²) in [4.78, 5) is 2.42. The molecule has 1 saturated carbocycles. The topological polar surface area (TPSA) is 33.1 Å². The first-order chi connectivity index (χ1) is 9.42. The van der Waals surface area contributed by atoms with Crippen molar-refractivity contribution in [2.75, 3.05) is 21.1 Å². The van der Waals surface area contributed by atoms with E-state index in [4.69, 9.17) is 0 Å². The van der Waals surface area contributed by atoms with Crippen molar-refractivity contribution in [1.29, 1.82) is 0 Å². The van der Waals surface area contributed by atoms with Crippen molar-refractivity contribution in [3.8, 4) is 0 Å². The lowest BCUT2D eigenvalue weighted by molar-refractivity contribution is 0.0364. The van der Waals surface area contributed by atoms with Crippen LogP contribution in [0.15, 0.2) is 10.7 Å². The number of hydrogen-bond donors (Lipinski definition) is 1. The van der Waals surface area contributed by atoms with Crippen LogP contribution in [0.5, 0.6) is 0 Å². The van der Waals surface area contributed by atoms with E-state index in [1.165, 1.54) is 31.4 Å². The summed E-state index contributed by atoms with van der Waals surface area (Å²) in [7, 11) is 8.52. The summed E-state index contributed by atoms with van der Waals surface area (Å²) in [6, 6.07) is 0.280. The Morgan fingerprint density at radius 3 is 2.70 bits per heavy atom. The standard InChI is InChI=1S/C15H27BrN4/c1-11-7-6-8-15(9-11,19(3)4)14(17-2)13-12(16)10-18-20(13)5/h10-11,14,17H,6-9H2,1-5H3. The molecule has 1 aliphatic rings. The van der Waals surface area contributed by atoms with Crippen LogP contribution in [0.3, 0.4) is 0 Å². The molecule has 1 fully saturated rings. The van der Waals surface area contributed by atoms with Gasteiger partial charge in [0.15, 0.2) is 0 Å². The van der Waals surface area contributed by atoms with Gasteiger partial charge >= 0.3 is 0 Å². The van der Waals surface area contributed by atoms with Gasteiger partial charge in [-0.15, -0.1) is 0 Å². The first-order valence-electron chi connectivity index (χ1n) is 7.44. The lowest BCUT2D eigenvalue weighted by Gasteiger charge is -2.50. The second-order valence-corrected chi connectivity index (χ2v) is 7.28. The van der Waals surface area contributed by atoms with E-state index in [0.29, 0.717) is 0 Å². The van der Waals surface area contributed by atoms with Crippen molar-refractivity contribution in [3.63, 3.8) is 0 Å². The number of nitrogens with one attached hydrogen (secondary N) is 1. The Hall–Kier alpha value is -0.390. The Morgan fingerprint density at radius 1 is 1.55 bits per heavy atom. The molecule has 3 unspecified atom stereocenters. The van der Waals surface area contributed by atoms with E-state index in [1.807, 2.05) is 17.9 Å². The number of aryl methyl sites for hydroxylation is 1. The molecular formula is C15H27BrN4. The molecule has 0 aromatic carbocycles. The van der Waals surface area contributed by atoms with Crippen LogP contribution in [0.25, 0.3) is 0 Å². The summed E-state index contributed by atoms with van der Waals surface area (Å²) in [5, 5.41) is 7.97. The molecule has 20 heavy (non-hydrogen) atoms. The SMILES string of the molecule is CNC(c1c(Br)cnn1C)C1(N(C)C)CCCC(C)C1. The molecule has 1 heterocycles. The van der Waals surface area contributed by atoms with E-state index in [1.54, 1.807) is 0 Å². The Labute approximate surface area is 131 Å². The summed E-state index contributed by atoms with van der Waals surface area (Å²) >= 11 is 3.67. The summed E-state index contributed by atoms with van der Waals surface area (Å²) in [5.41, 5.74) is 1.40. The van der Waals surface area contributed by atoms with E-state index in [9.17, 15) is 0 Å². The van der Waals surface area contributed by atoms with Crippen molar-refractivity contribution in [3.05, 3.63) is 16.4 Å². The van der Waals surface area contributed by atoms with Crippen molar-refractivity contribution in [2.45, 2.75) is 44.2 Å². The van der Waals surface area contributed by atoms with Crippen LogP contribution in [0.4, 0.5) is 0 Å². The van der Waals surface area contributed by atoms with Gasteiger partial charge in [-0.3, -0.25) is 4.68 Å². The molecule has 1 aromatic heterocycles. The maximum absolute atomic E-state index is 4.40. The van der Waals surface area contributed by atoms with Crippen LogP contribution in [0, 0.1) is 5.92 Å². The number of hydrogen-bond acceptors (Lipinski definition) is 3. The maximum Gasteiger partial charge on any atom is 0.0711 e. The minimum Gasteiger partial charge on any atom is -0.310 e. The van der Waals surface area contributed by atoms with Crippen LogP contribution in [-0.2, 0) is 7.05 Å². The molecule has 114 valence electrons. The predicted octanol–water partition coefficient (Wildman–Crippen LogP) is 2.95. The summed E-state index contributed by atoms with van der Waals surface area (Å²) < 4.78 is 3.09. The third-order valence-electron chi connectivity index (χ3n) is 4.94. The molecular weight excluding hydrogens is 316 g/mol. The van der Waals surface area contributed by atoms with E-state index in [0.717, 1.165) is 10.4 Å². The van der Waals surface area contributed by atoms with E-state index in [-0.39, 0.29) is 11.6 Å². The molecule has 0 saturated heterocycles. The second-order valence-electron chi connectivity index (χ2n) is 6.42. The normalized spacial score (nSPS) is 28.9. The highest BCUT2D eigenvalue weighted by Crippen LogP contribution is 2.45. The molecule has 0 spiro atoms. The van der Waals surface area contributed by atoms with Crippen molar-refractivity contribution < 1.29 is 0 Å². The fraction of sp³-hybridized carbons (Fsp3) is 0.800. The van der Waals surface area contributed by atoms with Crippen LogP contribution in [0.2, 0.25) is 0 Å². The number of nitrogens with zero attached hydrogens (tertiary/aromatic N) is 3. The van der Waals surface area contributed by atoms with Crippen molar-refractivity contribution >= 4 is 15.9 Å². The highest BCUT2D eigenvalue weighted by molar-refractivity contribution is 9.10. The Kier molecular flexibility index (Phi) is 4.92. The summed E-state index contributed by atoms with van der Waals surface area (Å²) in [5.74, 6) is 0.772. The van der Waals surface area contributed by atoms with Crippen LogP contribution >= 0.6 is 15.9 Å². The number of likely N-dealkylation sites (N-methyl/N-ethyl adjacent to an activating group) is 2. The number of rotatable bonds is 4.